The summed E-state index contributed by atoms with van der Waals surface area (Å²) in [6, 6.07) is 23.1. The number of fused-ring (bicyclic) bond motifs is 1. The Morgan fingerprint density at radius 1 is 0.733 bits per heavy atom. The summed E-state index contributed by atoms with van der Waals surface area (Å²) in [7, 11) is 0. The van der Waals surface area contributed by atoms with Gasteiger partial charge in [-0.15, -0.1) is 0 Å². The molecule has 1 aliphatic heterocycles. The van der Waals surface area contributed by atoms with E-state index in [9.17, 15) is 0 Å². The van der Waals surface area contributed by atoms with Gasteiger partial charge in [-0.3, -0.25) is 0 Å². The first-order valence-corrected chi connectivity index (χ1v) is 10.6. The van der Waals surface area contributed by atoms with Crippen LogP contribution in [0.4, 0.5) is 11.5 Å². The van der Waals surface area contributed by atoms with E-state index in [0.717, 1.165) is 59.0 Å². The standard InChI is InChI=1S/C25H23ClN4/c1-18-2-9-22(10-3-18)29-12-14-30(15-13-29)25-23-16-20(6-11-24(23)27-17-28-25)19-4-7-21(26)8-5-19/h2-11,16-17H,12-15H2,1H3. The van der Waals surface area contributed by atoms with E-state index in [0.29, 0.717) is 0 Å². The summed E-state index contributed by atoms with van der Waals surface area (Å²) in [5.74, 6) is 1.01. The van der Waals surface area contributed by atoms with Gasteiger partial charge in [0.25, 0.3) is 0 Å². The van der Waals surface area contributed by atoms with Crippen molar-refractivity contribution in [3.8, 4) is 11.1 Å². The molecule has 0 spiro atoms. The third-order valence-corrected chi connectivity index (χ3v) is 6.02. The van der Waals surface area contributed by atoms with Gasteiger partial charge in [0.1, 0.15) is 12.1 Å². The fraction of sp³-hybridized carbons (Fsp3) is 0.200. The number of piperazine rings is 1. The summed E-state index contributed by atoms with van der Waals surface area (Å²) in [5.41, 5.74) is 5.84. The predicted molar refractivity (Wildman–Crippen MR) is 126 cm³/mol. The maximum atomic E-state index is 6.05. The van der Waals surface area contributed by atoms with Crippen LogP contribution in [0.15, 0.2) is 73.1 Å². The van der Waals surface area contributed by atoms with E-state index in [4.69, 9.17) is 11.6 Å². The normalized spacial score (nSPS) is 14.3. The average Bonchev–Trinajstić information content (AvgIpc) is 2.79. The van der Waals surface area contributed by atoms with E-state index in [1.807, 2.05) is 24.3 Å². The smallest absolute Gasteiger partial charge is 0.140 e. The summed E-state index contributed by atoms with van der Waals surface area (Å²) in [6.07, 6.45) is 1.67. The Hall–Kier alpha value is -3.11. The number of hydrogen-bond donors (Lipinski definition) is 0. The molecule has 4 nitrogen and oxygen atoms in total. The van der Waals surface area contributed by atoms with E-state index in [2.05, 4.69) is 69.2 Å². The third-order valence-electron chi connectivity index (χ3n) is 5.77. The highest BCUT2D eigenvalue weighted by Gasteiger charge is 2.20. The molecule has 2 heterocycles. The maximum Gasteiger partial charge on any atom is 0.140 e. The summed E-state index contributed by atoms with van der Waals surface area (Å²) < 4.78 is 0. The Kier molecular flexibility index (Phi) is 5.01. The molecule has 1 aliphatic rings. The van der Waals surface area contributed by atoms with Crippen molar-refractivity contribution in [1.29, 1.82) is 0 Å². The highest BCUT2D eigenvalue weighted by Crippen LogP contribution is 2.30. The summed E-state index contributed by atoms with van der Waals surface area (Å²) >= 11 is 6.05. The molecular weight excluding hydrogens is 392 g/mol. The molecule has 4 aromatic rings. The summed E-state index contributed by atoms with van der Waals surface area (Å²) in [6.45, 7) is 5.95. The molecule has 3 aromatic carbocycles. The minimum absolute atomic E-state index is 0.745. The molecule has 5 rings (SSSR count). The van der Waals surface area contributed by atoms with Crippen molar-refractivity contribution >= 4 is 34.0 Å². The van der Waals surface area contributed by atoms with Gasteiger partial charge in [-0.05, 0) is 54.4 Å². The van der Waals surface area contributed by atoms with E-state index < -0.39 is 0 Å². The number of aryl methyl sites for hydroxylation is 1. The molecule has 0 bridgehead atoms. The van der Waals surface area contributed by atoms with Gasteiger partial charge in [0.05, 0.1) is 5.52 Å². The summed E-state index contributed by atoms with van der Waals surface area (Å²) in [5, 5.41) is 1.84. The monoisotopic (exact) mass is 414 g/mol. The van der Waals surface area contributed by atoms with Crippen molar-refractivity contribution in [3.63, 3.8) is 0 Å². The molecule has 0 saturated carbocycles. The molecule has 0 atom stereocenters. The van der Waals surface area contributed by atoms with Gasteiger partial charge in [0.2, 0.25) is 0 Å². The van der Waals surface area contributed by atoms with Crippen molar-refractivity contribution in [2.45, 2.75) is 6.92 Å². The Bertz CT molecular complexity index is 1160. The maximum absolute atomic E-state index is 6.05. The van der Waals surface area contributed by atoms with Crippen LogP contribution in [0, 0.1) is 6.92 Å². The van der Waals surface area contributed by atoms with Crippen LogP contribution in [-0.2, 0) is 0 Å². The topological polar surface area (TPSA) is 32.3 Å². The fourth-order valence-electron chi connectivity index (χ4n) is 4.05. The van der Waals surface area contributed by atoms with Crippen LogP contribution in [0.2, 0.25) is 5.02 Å². The van der Waals surface area contributed by atoms with Gasteiger partial charge in [-0.2, -0.15) is 0 Å². The molecule has 0 unspecified atom stereocenters. The largest absolute Gasteiger partial charge is 0.368 e. The molecular formula is C25H23ClN4. The minimum atomic E-state index is 0.745. The van der Waals surface area contributed by atoms with Gasteiger partial charge < -0.3 is 9.80 Å². The average molecular weight is 415 g/mol. The van der Waals surface area contributed by atoms with Gasteiger partial charge in [0, 0.05) is 42.3 Å². The van der Waals surface area contributed by atoms with Crippen LogP contribution in [0.1, 0.15) is 5.56 Å². The predicted octanol–water partition coefficient (Wildman–Crippen LogP) is 5.59. The van der Waals surface area contributed by atoms with E-state index >= 15 is 0 Å². The van der Waals surface area contributed by atoms with Gasteiger partial charge in [0.15, 0.2) is 0 Å². The third kappa shape index (κ3) is 3.71. The van der Waals surface area contributed by atoms with Crippen LogP contribution in [0.3, 0.4) is 0 Å². The molecule has 0 N–H and O–H groups in total. The zero-order valence-corrected chi connectivity index (χ0v) is 17.7. The molecule has 0 aliphatic carbocycles. The first-order chi connectivity index (χ1) is 14.7. The molecule has 30 heavy (non-hydrogen) atoms. The lowest BCUT2D eigenvalue weighted by molar-refractivity contribution is 0.649. The second-order valence-electron chi connectivity index (χ2n) is 7.75. The lowest BCUT2D eigenvalue weighted by Gasteiger charge is -2.37. The SMILES string of the molecule is Cc1ccc(N2CCN(c3ncnc4ccc(-c5ccc(Cl)cc5)cc34)CC2)cc1. The van der Waals surface area contributed by atoms with Crippen LogP contribution >= 0.6 is 11.6 Å². The molecule has 1 aromatic heterocycles. The molecule has 5 heteroatoms. The Balaban J connectivity index is 1.42. The number of nitrogens with zero attached hydrogens (tertiary/aromatic N) is 4. The number of anilines is 2. The Labute approximate surface area is 181 Å². The van der Waals surface area contributed by atoms with E-state index in [-0.39, 0.29) is 0 Å². The molecule has 0 radical (unpaired) electrons. The van der Waals surface area contributed by atoms with Crippen molar-refractivity contribution < 1.29 is 0 Å². The number of benzene rings is 3. The second-order valence-corrected chi connectivity index (χ2v) is 8.18. The number of hydrogen-bond acceptors (Lipinski definition) is 4. The zero-order valence-electron chi connectivity index (χ0n) is 16.9. The number of halogens is 1. The lowest BCUT2D eigenvalue weighted by Crippen LogP contribution is -2.46. The van der Waals surface area contributed by atoms with Gasteiger partial charge >= 0.3 is 0 Å². The highest BCUT2D eigenvalue weighted by atomic mass is 35.5. The lowest BCUT2D eigenvalue weighted by atomic mass is 10.0. The minimum Gasteiger partial charge on any atom is -0.368 e. The number of rotatable bonds is 3. The molecule has 1 fully saturated rings. The zero-order chi connectivity index (χ0) is 20.5. The fourth-order valence-corrected chi connectivity index (χ4v) is 4.17. The van der Waals surface area contributed by atoms with Crippen molar-refractivity contribution in [3.05, 3.63) is 83.6 Å². The molecule has 1 saturated heterocycles. The van der Waals surface area contributed by atoms with Crippen molar-refractivity contribution in [2.75, 3.05) is 36.0 Å². The molecule has 0 amide bonds. The quantitative estimate of drug-likeness (QED) is 0.437. The molecule has 150 valence electrons. The van der Waals surface area contributed by atoms with Gasteiger partial charge in [-0.1, -0.05) is 47.5 Å². The van der Waals surface area contributed by atoms with Crippen molar-refractivity contribution in [1.82, 2.24) is 9.97 Å². The number of aromatic nitrogens is 2. The first-order valence-electron chi connectivity index (χ1n) is 10.2. The van der Waals surface area contributed by atoms with Crippen LogP contribution in [-0.4, -0.2) is 36.1 Å². The van der Waals surface area contributed by atoms with E-state index in [1.165, 1.54) is 11.3 Å². The highest BCUT2D eigenvalue weighted by molar-refractivity contribution is 6.30. The van der Waals surface area contributed by atoms with Crippen LogP contribution in [0.25, 0.3) is 22.0 Å². The Morgan fingerprint density at radius 2 is 1.40 bits per heavy atom. The van der Waals surface area contributed by atoms with Crippen LogP contribution < -0.4 is 9.80 Å². The van der Waals surface area contributed by atoms with Crippen LogP contribution in [0.5, 0.6) is 0 Å². The van der Waals surface area contributed by atoms with Crippen molar-refractivity contribution in [2.24, 2.45) is 0 Å². The summed E-state index contributed by atoms with van der Waals surface area (Å²) in [4.78, 5) is 14.0. The first kappa shape index (κ1) is 18.9. The second kappa shape index (κ2) is 7.96. The van der Waals surface area contributed by atoms with Gasteiger partial charge in [-0.25, -0.2) is 9.97 Å². The van der Waals surface area contributed by atoms with E-state index in [1.54, 1.807) is 6.33 Å². The Morgan fingerprint density at radius 3 is 2.13 bits per heavy atom.